The fourth-order valence-electron chi connectivity index (χ4n) is 1.78. The van der Waals surface area contributed by atoms with Crippen molar-refractivity contribution in [3.63, 3.8) is 0 Å². The maximum absolute atomic E-state index is 11.7. The van der Waals surface area contributed by atoms with Crippen LogP contribution in [0.15, 0.2) is 24.3 Å². The second-order valence-electron chi connectivity index (χ2n) is 5.79. The lowest BCUT2D eigenvalue weighted by Gasteiger charge is -2.23. The summed E-state index contributed by atoms with van der Waals surface area (Å²) in [6.45, 7) is 5.79. The molecule has 1 unspecified atom stereocenters. The zero-order valence-electron chi connectivity index (χ0n) is 12.3. The van der Waals surface area contributed by atoms with Crippen LogP contribution < -0.4 is 11.1 Å². The van der Waals surface area contributed by atoms with E-state index in [0.717, 1.165) is 12.0 Å². The van der Waals surface area contributed by atoms with Gasteiger partial charge in [0.05, 0.1) is 0 Å². The van der Waals surface area contributed by atoms with Crippen LogP contribution in [0.25, 0.3) is 0 Å². The Morgan fingerprint density at radius 3 is 2.70 bits per heavy atom. The number of carbonyl (C=O) groups excluding carboxylic acids is 1. The fraction of sp³-hybridized carbons (Fsp3) is 0.533. The third-order valence-corrected chi connectivity index (χ3v) is 2.70. The second kappa shape index (κ2) is 7.14. The molecule has 1 aromatic rings. The topological polar surface area (TPSA) is 84.6 Å². The van der Waals surface area contributed by atoms with E-state index in [9.17, 15) is 9.90 Å². The fourth-order valence-corrected chi connectivity index (χ4v) is 1.78. The quantitative estimate of drug-likeness (QED) is 0.771. The van der Waals surface area contributed by atoms with Crippen LogP contribution in [0.2, 0.25) is 0 Å². The maximum Gasteiger partial charge on any atom is 0.407 e. The molecule has 1 aromatic carbocycles. The normalized spacial score (nSPS) is 12.8. The van der Waals surface area contributed by atoms with Crippen LogP contribution in [-0.4, -0.2) is 29.4 Å². The Morgan fingerprint density at radius 1 is 1.45 bits per heavy atom. The van der Waals surface area contributed by atoms with Gasteiger partial charge in [-0.2, -0.15) is 0 Å². The highest BCUT2D eigenvalue weighted by Crippen LogP contribution is 2.13. The van der Waals surface area contributed by atoms with Gasteiger partial charge in [0.2, 0.25) is 0 Å². The number of hydrogen-bond acceptors (Lipinski definition) is 4. The first-order chi connectivity index (χ1) is 9.30. The number of phenolic OH excluding ortho intramolecular Hbond substituents is 1. The molecule has 0 heterocycles. The largest absolute Gasteiger partial charge is 0.508 e. The minimum atomic E-state index is -0.519. The zero-order chi connectivity index (χ0) is 15.2. The summed E-state index contributed by atoms with van der Waals surface area (Å²) in [6, 6.07) is 6.92. The predicted octanol–water partition coefficient (Wildman–Crippen LogP) is 2.18. The minimum Gasteiger partial charge on any atom is -0.508 e. The molecule has 5 heteroatoms. The third kappa shape index (κ3) is 6.43. The van der Waals surface area contributed by atoms with E-state index in [-0.39, 0.29) is 11.8 Å². The van der Waals surface area contributed by atoms with E-state index in [1.807, 2.05) is 26.8 Å². The molecule has 0 aliphatic heterocycles. The summed E-state index contributed by atoms with van der Waals surface area (Å²) in [4.78, 5) is 11.7. The summed E-state index contributed by atoms with van der Waals surface area (Å²) in [6.07, 6.45) is 0.967. The van der Waals surface area contributed by atoms with Crippen LogP contribution in [-0.2, 0) is 11.2 Å². The van der Waals surface area contributed by atoms with Crippen LogP contribution in [0, 0.1) is 0 Å². The Balaban J connectivity index is 2.45. The number of aromatic hydroxyl groups is 1. The van der Waals surface area contributed by atoms with Crippen molar-refractivity contribution >= 4 is 6.09 Å². The van der Waals surface area contributed by atoms with Gasteiger partial charge in [-0.25, -0.2) is 4.79 Å². The number of alkyl carbamates (subject to hydrolysis) is 1. The van der Waals surface area contributed by atoms with E-state index in [4.69, 9.17) is 10.5 Å². The molecule has 20 heavy (non-hydrogen) atoms. The van der Waals surface area contributed by atoms with Gasteiger partial charge in [0, 0.05) is 12.6 Å². The van der Waals surface area contributed by atoms with Crippen molar-refractivity contribution < 1.29 is 14.6 Å². The number of carbonyl (C=O) groups is 1. The Kier molecular flexibility index (Phi) is 5.82. The summed E-state index contributed by atoms with van der Waals surface area (Å²) >= 11 is 0. The number of rotatable bonds is 5. The van der Waals surface area contributed by atoms with Crippen LogP contribution in [0.4, 0.5) is 4.79 Å². The van der Waals surface area contributed by atoms with Crippen LogP contribution in [0.3, 0.4) is 0 Å². The summed E-state index contributed by atoms with van der Waals surface area (Å²) in [5.74, 6) is 0.242. The molecule has 0 aliphatic carbocycles. The molecule has 1 rings (SSSR count). The minimum absolute atomic E-state index is 0.146. The van der Waals surface area contributed by atoms with Crippen LogP contribution in [0.1, 0.15) is 32.8 Å². The number of hydrogen-bond donors (Lipinski definition) is 3. The number of amides is 1. The lowest BCUT2D eigenvalue weighted by molar-refractivity contribution is 0.0503. The molecular formula is C15H24N2O3. The molecule has 0 radical (unpaired) electrons. The SMILES string of the molecule is CC(C)(C)OC(=O)NC(CN)CCc1cccc(O)c1. The number of phenols is 1. The summed E-state index contributed by atoms with van der Waals surface area (Å²) < 4.78 is 5.20. The molecule has 0 spiro atoms. The third-order valence-electron chi connectivity index (χ3n) is 2.70. The standard InChI is InChI=1S/C15H24N2O3/c1-15(2,3)20-14(19)17-12(10-16)8-7-11-5-4-6-13(18)9-11/h4-6,9,12,18H,7-8,10,16H2,1-3H3,(H,17,19). The van der Waals surface area contributed by atoms with Gasteiger partial charge >= 0.3 is 6.09 Å². The summed E-state index contributed by atoms with van der Waals surface area (Å²) in [5.41, 5.74) is 6.15. The molecule has 1 atom stereocenters. The summed E-state index contributed by atoms with van der Waals surface area (Å²) in [5, 5.41) is 12.2. The van der Waals surface area contributed by atoms with Gasteiger partial charge in [-0.3, -0.25) is 0 Å². The molecule has 112 valence electrons. The molecule has 0 fully saturated rings. The van der Waals surface area contributed by atoms with Gasteiger partial charge in [0.25, 0.3) is 0 Å². The first kappa shape index (κ1) is 16.3. The highest BCUT2D eigenvalue weighted by Gasteiger charge is 2.18. The number of nitrogens with one attached hydrogen (secondary N) is 1. The Morgan fingerprint density at radius 2 is 2.15 bits per heavy atom. The van der Waals surface area contributed by atoms with E-state index in [1.54, 1.807) is 18.2 Å². The van der Waals surface area contributed by atoms with Gasteiger partial charge < -0.3 is 20.9 Å². The lowest BCUT2D eigenvalue weighted by Crippen LogP contribution is -2.43. The van der Waals surface area contributed by atoms with Crippen molar-refractivity contribution in [2.45, 2.75) is 45.3 Å². The number of benzene rings is 1. The van der Waals surface area contributed by atoms with Gasteiger partial charge in [-0.05, 0) is 51.3 Å². The highest BCUT2D eigenvalue weighted by molar-refractivity contribution is 5.68. The number of ether oxygens (including phenoxy) is 1. The summed E-state index contributed by atoms with van der Waals surface area (Å²) in [7, 11) is 0. The number of aryl methyl sites for hydroxylation is 1. The van der Waals surface area contributed by atoms with Crippen molar-refractivity contribution in [1.82, 2.24) is 5.32 Å². The molecule has 0 saturated carbocycles. The second-order valence-corrected chi connectivity index (χ2v) is 5.79. The van der Waals surface area contributed by atoms with E-state index in [1.165, 1.54) is 0 Å². The van der Waals surface area contributed by atoms with Crippen molar-refractivity contribution in [3.8, 4) is 5.75 Å². The van der Waals surface area contributed by atoms with E-state index >= 15 is 0 Å². The Labute approximate surface area is 120 Å². The average Bonchev–Trinajstić information content (AvgIpc) is 2.32. The molecule has 4 N–H and O–H groups in total. The van der Waals surface area contributed by atoms with Gasteiger partial charge in [0.15, 0.2) is 0 Å². The van der Waals surface area contributed by atoms with Gasteiger partial charge in [-0.15, -0.1) is 0 Å². The van der Waals surface area contributed by atoms with Gasteiger partial charge in [0.1, 0.15) is 11.4 Å². The molecule has 0 saturated heterocycles. The van der Waals surface area contributed by atoms with Crippen molar-refractivity contribution in [3.05, 3.63) is 29.8 Å². The van der Waals surface area contributed by atoms with E-state index < -0.39 is 11.7 Å². The lowest BCUT2D eigenvalue weighted by atomic mass is 10.1. The first-order valence-corrected chi connectivity index (χ1v) is 6.77. The Bertz CT molecular complexity index is 441. The monoisotopic (exact) mass is 280 g/mol. The molecule has 0 aliphatic rings. The Hall–Kier alpha value is -1.75. The van der Waals surface area contributed by atoms with E-state index in [2.05, 4.69) is 5.32 Å². The average molecular weight is 280 g/mol. The van der Waals surface area contributed by atoms with Crippen molar-refractivity contribution in [2.75, 3.05) is 6.54 Å². The first-order valence-electron chi connectivity index (χ1n) is 6.77. The van der Waals surface area contributed by atoms with Crippen molar-refractivity contribution in [2.24, 2.45) is 5.73 Å². The van der Waals surface area contributed by atoms with E-state index in [0.29, 0.717) is 13.0 Å². The smallest absolute Gasteiger partial charge is 0.407 e. The highest BCUT2D eigenvalue weighted by atomic mass is 16.6. The molecule has 1 amide bonds. The number of nitrogens with two attached hydrogens (primary N) is 1. The molecular weight excluding hydrogens is 256 g/mol. The molecule has 5 nitrogen and oxygen atoms in total. The zero-order valence-corrected chi connectivity index (χ0v) is 12.3. The van der Waals surface area contributed by atoms with Crippen LogP contribution >= 0.6 is 0 Å². The van der Waals surface area contributed by atoms with Crippen LogP contribution in [0.5, 0.6) is 5.75 Å². The predicted molar refractivity (Wildman–Crippen MR) is 78.6 cm³/mol. The molecule has 0 bridgehead atoms. The van der Waals surface area contributed by atoms with Gasteiger partial charge in [-0.1, -0.05) is 12.1 Å². The van der Waals surface area contributed by atoms with Crippen molar-refractivity contribution in [1.29, 1.82) is 0 Å². The molecule has 0 aromatic heterocycles. The maximum atomic E-state index is 11.7.